The number of hydrogen-bond donors (Lipinski definition) is 2. The molecule has 0 aromatic heterocycles. The van der Waals surface area contributed by atoms with Crippen molar-refractivity contribution in [1.29, 1.82) is 5.26 Å². The minimum absolute atomic E-state index is 0.0521. The largest absolute Gasteiger partial charge is 0.278 e. The van der Waals surface area contributed by atoms with Crippen molar-refractivity contribution < 1.29 is 8.42 Å². The first-order valence-corrected chi connectivity index (χ1v) is 5.96. The molecule has 0 aliphatic rings. The van der Waals surface area contributed by atoms with Crippen LogP contribution in [0.5, 0.6) is 0 Å². The molecule has 0 spiro atoms. The summed E-state index contributed by atoms with van der Waals surface area (Å²) in [6.07, 6.45) is 0. The number of nitriles is 1. The van der Waals surface area contributed by atoms with Crippen LogP contribution in [0.25, 0.3) is 0 Å². The molecule has 1 unspecified atom stereocenters. The Morgan fingerprint density at radius 2 is 1.64 bits per heavy atom. The highest BCUT2D eigenvalue weighted by Gasteiger charge is 2.20. The second-order valence-electron chi connectivity index (χ2n) is 3.74. The summed E-state index contributed by atoms with van der Waals surface area (Å²) in [6, 6.07) is 1.03. The lowest BCUT2D eigenvalue weighted by Gasteiger charge is -2.16. The normalized spacial score (nSPS) is 14.4. The van der Waals surface area contributed by atoms with Crippen molar-refractivity contribution in [3.05, 3.63) is 0 Å². The van der Waals surface area contributed by atoms with Gasteiger partial charge in [-0.1, -0.05) is 13.8 Å². The topological polar surface area (TPSA) is 82.0 Å². The van der Waals surface area contributed by atoms with Crippen LogP contribution in [-0.4, -0.2) is 20.5 Å². The lowest BCUT2D eigenvalue weighted by Crippen LogP contribution is -2.46. The summed E-state index contributed by atoms with van der Waals surface area (Å²) in [5, 5.41) is 8.69. The highest BCUT2D eigenvalue weighted by Crippen LogP contribution is 2.01. The van der Waals surface area contributed by atoms with E-state index in [4.69, 9.17) is 5.26 Å². The van der Waals surface area contributed by atoms with Gasteiger partial charge in [-0.25, -0.2) is 0 Å². The summed E-state index contributed by atoms with van der Waals surface area (Å²) in [7, 11) is -3.56. The van der Waals surface area contributed by atoms with Gasteiger partial charge in [0.05, 0.1) is 6.07 Å². The van der Waals surface area contributed by atoms with Crippen LogP contribution >= 0.6 is 0 Å². The van der Waals surface area contributed by atoms with Gasteiger partial charge in [0.25, 0.3) is 10.2 Å². The Kier molecular flexibility index (Phi) is 5.05. The third-order valence-electron chi connectivity index (χ3n) is 1.48. The number of nitrogens with one attached hydrogen (secondary N) is 2. The summed E-state index contributed by atoms with van der Waals surface area (Å²) in [5.41, 5.74) is 0. The first-order valence-electron chi connectivity index (χ1n) is 4.47. The van der Waals surface area contributed by atoms with Gasteiger partial charge in [-0.3, -0.25) is 0 Å². The van der Waals surface area contributed by atoms with E-state index in [-0.39, 0.29) is 12.0 Å². The van der Waals surface area contributed by atoms with Gasteiger partial charge in [0, 0.05) is 6.04 Å². The molecule has 2 N–H and O–H groups in total. The maximum atomic E-state index is 11.3. The van der Waals surface area contributed by atoms with Crippen LogP contribution in [0.4, 0.5) is 0 Å². The monoisotopic (exact) mass is 219 g/mol. The van der Waals surface area contributed by atoms with Crippen LogP contribution in [0.3, 0.4) is 0 Å². The van der Waals surface area contributed by atoms with Gasteiger partial charge in [0.15, 0.2) is 0 Å². The number of nitrogens with zero attached hydrogens (tertiary/aromatic N) is 1. The van der Waals surface area contributed by atoms with E-state index in [1.54, 1.807) is 27.7 Å². The highest BCUT2D eigenvalue weighted by atomic mass is 32.2. The Bertz CT molecular complexity index is 303. The molecule has 1 atom stereocenters. The molecule has 0 bridgehead atoms. The van der Waals surface area contributed by atoms with Gasteiger partial charge in [0.2, 0.25) is 0 Å². The van der Waals surface area contributed by atoms with E-state index >= 15 is 0 Å². The van der Waals surface area contributed by atoms with Gasteiger partial charge >= 0.3 is 0 Å². The molecular weight excluding hydrogens is 202 g/mol. The Morgan fingerprint density at radius 3 is 1.93 bits per heavy atom. The fourth-order valence-corrected chi connectivity index (χ4v) is 2.17. The van der Waals surface area contributed by atoms with Crippen molar-refractivity contribution in [3.63, 3.8) is 0 Å². The third kappa shape index (κ3) is 5.17. The van der Waals surface area contributed by atoms with Crippen molar-refractivity contribution >= 4 is 10.2 Å². The third-order valence-corrected chi connectivity index (χ3v) is 2.82. The zero-order valence-electron chi connectivity index (χ0n) is 8.90. The van der Waals surface area contributed by atoms with Crippen LogP contribution in [0.1, 0.15) is 27.7 Å². The van der Waals surface area contributed by atoms with Crippen molar-refractivity contribution in [3.8, 4) is 6.07 Å². The first kappa shape index (κ1) is 13.4. The molecule has 0 saturated carbocycles. The minimum Gasteiger partial charge on any atom is -0.200 e. The Hall–Kier alpha value is -0.640. The molecule has 0 radical (unpaired) electrons. The Labute approximate surface area is 85.7 Å². The summed E-state index contributed by atoms with van der Waals surface area (Å²) >= 11 is 0. The molecule has 14 heavy (non-hydrogen) atoms. The molecule has 82 valence electrons. The van der Waals surface area contributed by atoms with E-state index in [0.717, 1.165) is 0 Å². The molecule has 6 heteroatoms. The van der Waals surface area contributed by atoms with E-state index in [1.165, 1.54) is 0 Å². The molecule has 5 nitrogen and oxygen atoms in total. The molecule has 0 rings (SSSR count). The predicted octanol–water partition coefficient (Wildman–Crippen LogP) is 0.367. The first-order chi connectivity index (χ1) is 6.28. The Morgan fingerprint density at radius 1 is 1.14 bits per heavy atom. The second-order valence-corrected chi connectivity index (χ2v) is 5.22. The minimum atomic E-state index is -3.56. The van der Waals surface area contributed by atoms with E-state index < -0.39 is 16.3 Å². The number of rotatable bonds is 5. The molecular formula is C8H17N3O2S. The van der Waals surface area contributed by atoms with Crippen LogP contribution < -0.4 is 9.44 Å². The zero-order valence-corrected chi connectivity index (χ0v) is 9.72. The summed E-state index contributed by atoms with van der Waals surface area (Å²) in [6.45, 7) is 7.00. The molecule has 0 aliphatic heterocycles. The fourth-order valence-electron chi connectivity index (χ4n) is 0.823. The highest BCUT2D eigenvalue weighted by molar-refractivity contribution is 7.87. The summed E-state index contributed by atoms with van der Waals surface area (Å²) < 4.78 is 27.3. The molecule has 0 aromatic rings. The standard InChI is InChI=1S/C8H17N3O2S/c1-6(2)8(5-9)11-14(12,13)10-7(3)4/h6-8,10-11H,1-4H3. The van der Waals surface area contributed by atoms with Crippen molar-refractivity contribution in [2.24, 2.45) is 5.92 Å². The zero-order chi connectivity index (χ0) is 11.4. The Balaban J connectivity index is 4.43. The molecule has 0 amide bonds. The van der Waals surface area contributed by atoms with Crippen LogP contribution in [-0.2, 0) is 10.2 Å². The van der Waals surface area contributed by atoms with E-state index in [1.807, 2.05) is 6.07 Å². The van der Waals surface area contributed by atoms with E-state index in [9.17, 15) is 8.42 Å². The second kappa shape index (κ2) is 5.29. The lowest BCUT2D eigenvalue weighted by molar-refractivity contribution is 0.502. The van der Waals surface area contributed by atoms with Gasteiger partial charge in [0.1, 0.15) is 6.04 Å². The summed E-state index contributed by atoms with van der Waals surface area (Å²) in [4.78, 5) is 0. The molecule has 0 aromatic carbocycles. The SMILES string of the molecule is CC(C)NS(=O)(=O)NC(C#N)C(C)C. The maximum absolute atomic E-state index is 11.3. The van der Waals surface area contributed by atoms with E-state index in [2.05, 4.69) is 9.44 Å². The van der Waals surface area contributed by atoms with E-state index in [0.29, 0.717) is 0 Å². The van der Waals surface area contributed by atoms with Crippen molar-refractivity contribution in [1.82, 2.24) is 9.44 Å². The number of hydrogen-bond acceptors (Lipinski definition) is 3. The van der Waals surface area contributed by atoms with Gasteiger partial charge in [-0.15, -0.1) is 0 Å². The van der Waals surface area contributed by atoms with Gasteiger partial charge < -0.3 is 0 Å². The average Bonchev–Trinajstić information content (AvgIpc) is 1.97. The molecule has 0 fully saturated rings. The average molecular weight is 219 g/mol. The fraction of sp³-hybridized carbons (Fsp3) is 0.875. The molecule has 0 saturated heterocycles. The van der Waals surface area contributed by atoms with Crippen LogP contribution in [0, 0.1) is 17.2 Å². The maximum Gasteiger partial charge on any atom is 0.278 e. The predicted molar refractivity (Wildman–Crippen MR) is 54.6 cm³/mol. The molecule has 0 heterocycles. The molecule has 0 aliphatic carbocycles. The van der Waals surface area contributed by atoms with Gasteiger partial charge in [-0.2, -0.15) is 23.1 Å². The van der Waals surface area contributed by atoms with Crippen LogP contribution in [0.15, 0.2) is 0 Å². The van der Waals surface area contributed by atoms with Crippen LogP contribution in [0.2, 0.25) is 0 Å². The van der Waals surface area contributed by atoms with Crippen molar-refractivity contribution in [2.75, 3.05) is 0 Å². The lowest BCUT2D eigenvalue weighted by atomic mass is 10.1. The van der Waals surface area contributed by atoms with Crippen molar-refractivity contribution in [2.45, 2.75) is 39.8 Å². The smallest absolute Gasteiger partial charge is 0.200 e. The summed E-state index contributed by atoms with van der Waals surface area (Å²) in [5.74, 6) is -0.0521. The quantitative estimate of drug-likeness (QED) is 0.700. The van der Waals surface area contributed by atoms with Gasteiger partial charge in [-0.05, 0) is 19.8 Å².